The molecule has 0 aliphatic rings. The number of esters is 1. The fourth-order valence-electron chi connectivity index (χ4n) is 2.74. The fraction of sp³-hybridized carbons (Fsp3) is 0.227. The molecule has 1 aromatic heterocycles. The van der Waals surface area contributed by atoms with Crippen molar-refractivity contribution in [2.75, 3.05) is 11.9 Å². The average Bonchev–Trinajstić information content (AvgIpc) is 3.12. The Balaban J connectivity index is 1.53. The molecule has 0 spiro atoms. The molecule has 1 amide bonds. The molecule has 144 valence electrons. The summed E-state index contributed by atoms with van der Waals surface area (Å²) in [6.45, 7) is 5.82. The van der Waals surface area contributed by atoms with Crippen LogP contribution in [0.15, 0.2) is 60.8 Å². The highest BCUT2D eigenvalue weighted by Crippen LogP contribution is 2.17. The van der Waals surface area contributed by atoms with Gasteiger partial charge in [-0.15, -0.1) is 0 Å². The van der Waals surface area contributed by atoms with Crippen molar-refractivity contribution in [2.24, 2.45) is 0 Å². The zero-order valence-corrected chi connectivity index (χ0v) is 16.2. The van der Waals surface area contributed by atoms with Crippen LogP contribution in [0, 0.1) is 6.92 Å². The van der Waals surface area contributed by atoms with E-state index >= 15 is 0 Å². The lowest BCUT2D eigenvalue weighted by atomic mass is 10.0. The molecule has 0 bridgehead atoms. The van der Waals surface area contributed by atoms with E-state index in [4.69, 9.17) is 4.74 Å². The maximum Gasteiger partial charge on any atom is 0.338 e. The monoisotopic (exact) mass is 377 g/mol. The van der Waals surface area contributed by atoms with Gasteiger partial charge in [-0.2, -0.15) is 5.10 Å². The number of benzene rings is 2. The van der Waals surface area contributed by atoms with Crippen molar-refractivity contribution < 1.29 is 14.3 Å². The molecule has 0 radical (unpaired) electrons. The van der Waals surface area contributed by atoms with E-state index in [9.17, 15) is 9.59 Å². The first-order chi connectivity index (χ1) is 13.4. The second-order valence-electron chi connectivity index (χ2n) is 6.83. The Bertz CT molecular complexity index is 957. The Kier molecular flexibility index (Phi) is 5.89. The summed E-state index contributed by atoms with van der Waals surface area (Å²) in [5.74, 6) is -0.502. The molecule has 2 aromatic carbocycles. The standard InChI is InChI=1S/C22H23N3O3/c1-15(2)17-4-8-19(9-5-17)24-21(26)14-28-22(27)18-6-10-20(11-7-18)25-16(3)12-13-23-25/h4-13,15H,14H2,1-3H3,(H,24,26). The van der Waals surface area contributed by atoms with E-state index < -0.39 is 5.97 Å². The van der Waals surface area contributed by atoms with Crippen molar-refractivity contribution in [2.45, 2.75) is 26.7 Å². The molecule has 0 unspecified atom stereocenters. The van der Waals surface area contributed by atoms with Gasteiger partial charge in [0, 0.05) is 17.6 Å². The van der Waals surface area contributed by atoms with Gasteiger partial charge in [-0.3, -0.25) is 4.79 Å². The van der Waals surface area contributed by atoms with Crippen LogP contribution in [-0.4, -0.2) is 28.3 Å². The van der Waals surface area contributed by atoms with Gasteiger partial charge in [-0.1, -0.05) is 26.0 Å². The first kappa shape index (κ1) is 19.4. The van der Waals surface area contributed by atoms with E-state index in [0.717, 1.165) is 11.4 Å². The summed E-state index contributed by atoms with van der Waals surface area (Å²) in [5, 5.41) is 6.94. The van der Waals surface area contributed by atoms with Crippen LogP contribution in [0.1, 0.15) is 41.4 Å². The average molecular weight is 377 g/mol. The molecule has 3 rings (SSSR count). The van der Waals surface area contributed by atoms with Gasteiger partial charge in [0.2, 0.25) is 0 Å². The lowest BCUT2D eigenvalue weighted by molar-refractivity contribution is -0.119. The number of amides is 1. The quantitative estimate of drug-likeness (QED) is 0.657. The number of carbonyl (C=O) groups excluding carboxylic acids is 2. The normalized spacial score (nSPS) is 10.7. The van der Waals surface area contributed by atoms with E-state index in [1.165, 1.54) is 5.56 Å². The van der Waals surface area contributed by atoms with Gasteiger partial charge in [0.25, 0.3) is 5.91 Å². The Morgan fingerprint density at radius 3 is 2.29 bits per heavy atom. The van der Waals surface area contributed by atoms with E-state index in [0.29, 0.717) is 17.2 Å². The van der Waals surface area contributed by atoms with Crippen molar-refractivity contribution in [3.8, 4) is 5.69 Å². The Morgan fingerprint density at radius 2 is 1.71 bits per heavy atom. The molecule has 0 atom stereocenters. The minimum Gasteiger partial charge on any atom is -0.452 e. The zero-order valence-electron chi connectivity index (χ0n) is 16.2. The second kappa shape index (κ2) is 8.52. The third-order valence-corrected chi connectivity index (χ3v) is 4.38. The highest BCUT2D eigenvalue weighted by molar-refractivity contribution is 5.95. The van der Waals surface area contributed by atoms with Crippen LogP contribution in [0.2, 0.25) is 0 Å². The molecule has 0 aliphatic heterocycles. The van der Waals surface area contributed by atoms with Crippen LogP contribution in [0.3, 0.4) is 0 Å². The van der Waals surface area contributed by atoms with Crippen molar-refractivity contribution in [1.29, 1.82) is 0 Å². The van der Waals surface area contributed by atoms with Crippen molar-refractivity contribution >= 4 is 17.6 Å². The molecule has 0 fully saturated rings. The number of hydrogen-bond donors (Lipinski definition) is 1. The number of anilines is 1. The highest BCUT2D eigenvalue weighted by atomic mass is 16.5. The van der Waals surface area contributed by atoms with E-state index in [2.05, 4.69) is 24.3 Å². The zero-order chi connectivity index (χ0) is 20.1. The first-order valence-electron chi connectivity index (χ1n) is 9.12. The van der Waals surface area contributed by atoms with Crippen LogP contribution in [0.5, 0.6) is 0 Å². The molecular formula is C22H23N3O3. The predicted molar refractivity (Wildman–Crippen MR) is 108 cm³/mol. The molecule has 1 heterocycles. The number of rotatable bonds is 6. The number of carbonyl (C=O) groups is 2. The number of nitrogens with zero attached hydrogens (tertiary/aromatic N) is 2. The topological polar surface area (TPSA) is 73.2 Å². The van der Waals surface area contributed by atoms with Crippen LogP contribution < -0.4 is 5.32 Å². The summed E-state index contributed by atoms with van der Waals surface area (Å²) in [4.78, 5) is 24.2. The lowest BCUT2D eigenvalue weighted by Crippen LogP contribution is -2.21. The van der Waals surface area contributed by atoms with Crippen molar-refractivity contribution in [1.82, 2.24) is 9.78 Å². The summed E-state index contributed by atoms with van der Waals surface area (Å²) in [6, 6.07) is 16.4. The van der Waals surface area contributed by atoms with Gasteiger partial charge >= 0.3 is 5.97 Å². The van der Waals surface area contributed by atoms with Crippen LogP contribution in [0.25, 0.3) is 5.69 Å². The molecule has 28 heavy (non-hydrogen) atoms. The number of nitrogens with one attached hydrogen (secondary N) is 1. The molecule has 6 heteroatoms. The minimum atomic E-state index is -0.547. The molecular weight excluding hydrogens is 354 g/mol. The van der Waals surface area contributed by atoms with Gasteiger partial charge in [0.1, 0.15) is 0 Å². The third-order valence-electron chi connectivity index (χ3n) is 4.38. The summed E-state index contributed by atoms with van der Waals surface area (Å²) in [5.41, 5.74) is 4.08. The van der Waals surface area contributed by atoms with Crippen molar-refractivity contribution in [3.05, 3.63) is 77.6 Å². The minimum absolute atomic E-state index is 0.342. The molecule has 0 aliphatic carbocycles. The third kappa shape index (κ3) is 4.65. The van der Waals surface area contributed by atoms with Crippen LogP contribution in [0.4, 0.5) is 5.69 Å². The maximum absolute atomic E-state index is 12.2. The van der Waals surface area contributed by atoms with Gasteiger partial charge in [-0.05, 0) is 60.9 Å². The Labute approximate surface area is 164 Å². The van der Waals surface area contributed by atoms with E-state index in [1.54, 1.807) is 35.1 Å². The Morgan fingerprint density at radius 1 is 1.04 bits per heavy atom. The smallest absolute Gasteiger partial charge is 0.338 e. The highest BCUT2D eigenvalue weighted by Gasteiger charge is 2.11. The van der Waals surface area contributed by atoms with Crippen LogP contribution in [-0.2, 0) is 9.53 Å². The van der Waals surface area contributed by atoms with E-state index in [-0.39, 0.29) is 12.5 Å². The number of ether oxygens (including phenoxy) is 1. The lowest BCUT2D eigenvalue weighted by Gasteiger charge is -2.09. The summed E-state index contributed by atoms with van der Waals surface area (Å²) in [6.07, 6.45) is 1.71. The number of hydrogen-bond acceptors (Lipinski definition) is 4. The number of aromatic nitrogens is 2. The molecule has 0 saturated carbocycles. The first-order valence-corrected chi connectivity index (χ1v) is 9.12. The van der Waals surface area contributed by atoms with Gasteiger partial charge in [0.05, 0.1) is 11.3 Å². The number of aryl methyl sites for hydroxylation is 1. The predicted octanol–water partition coefficient (Wildman–Crippen LogP) is 4.10. The molecule has 1 N–H and O–H groups in total. The second-order valence-corrected chi connectivity index (χ2v) is 6.83. The molecule has 6 nitrogen and oxygen atoms in total. The van der Waals surface area contributed by atoms with Gasteiger partial charge < -0.3 is 10.1 Å². The van der Waals surface area contributed by atoms with Gasteiger partial charge in [0.15, 0.2) is 6.61 Å². The largest absolute Gasteiger partial charge is 0.452 e. The summed E-state index contributed by atoms with van der Waals surface area (Å²) >= 11 is 0. The fourth-order valence-corrected chi connectivity index (χ4v) is 2.74. The molecule has 3 aromatic rings. The van der Waals surface area contributed by atoms with E-state index in [1.807, 2.05) is 37.3 Å². The van der Waals surface area contributed by atoms with Crippen LogP contribution >= 0.6 is 0 Å². The maximum atomic E-state index is 12.2. The SMILES string of the molecule is Cc1ccnn1-c1ccc(C(=O)OCC(=O)Nc2ccc(C(C)C)cc2)cc1. The Hall–Kier alpha value is -3.41. The molecule has 0 saturated heterocycles. The summed E-state index contributed by atoms with van der Waals surface area (Å²) < 4.78 is 6.88. The van der Waals surface area contributed by atoms with Crippen molar-refractivity contribution in [3.63, 3.8) is 0 Å². The van der Waals surface area contributed by atoms with Gasteiger partial charge in [-0.25, -0.2) is 9.48 Å². The summed E-state index contributed by atoms with van der Waals surface area (Å²) in [7, 11) is 0.